The first kappa shape index (κ1) is 59.0. The van der Waals surface area contributed by atoms with Crippen molar-refractivity contribution >= 4 is 19.8 Å². The van der Waals surface area contributed by atoms with E-state index >= 15 is 0 Å². The van der Waals surface area contributed by atoms with Gasteiger partial charge in [0.1, 0.15) is 43.2 Å². The minimum atomic E-state index is -5.17. The van der Waals surface area contributed by atoms with E-state index in [1.165, 1.54) is 38.5 Å². The molecule has 15 heteroatoms. The fourth-order valence-corrected chi connectivity index (χ4v) is 7.40. The van der Waals surface area contributed by atoms with Crippen molar-refractivity contribution in [1.29, 1.82) is 0 Å². The first-order valence-corrected chi connectivity index (χ1v) is 25.0. The van der Waals surface area contributed by atoms with Crippen LogP contribution in [-0.2, 0) is 32.7 Å². The van der Waals surface area contributed by atoms with Crippen LogP contribution in [0.25, 0.3) is 0 Å². The van der Waals surface area contributed by atoms with E-state index in [4.69, 9.17) is 18.5 Å². The first-order chi connectivity index (χ1) is 30.8. The van der Waals surface area contributed by atoms with Gasteiger partial charge in [0, 0.05) is 12.8 Å². The Balaban J connectivity index is 2.57. The minimum Gasteiger partial charge on any atom is -0.462 e. The van der Waals surface area contributed by atoms with Gasteiger partial charge in [0.05, 0.1) is 12.7 Å². The number of unbranched alkanes of at least 4 members (excludes halogenated alkanes) is 11. The maximum Gasteiger partial charge on any atom is 0.472 e. The number of carbonyl (C=O) groups is 2. The number of allylic oxidation sites excluding steroid dienone is 12. The third-order valence-electron chi connectivity index (χ3n) is 10.3. The van der Waals surface area contributed by atoms with Crippen LogP contribution < -0.4 is 0 Å². The van der Waals surface area contributed by atoms with E-state index in [0.717, 1.165) is 57.8 Å². The first-order valence-electron chi connectivity index (χ1n) is 23.5. The molecule has 1 aliphatic carbocycles. The van der Waals surface area contributed by atoms with Crippen molar-refractivity contribution in [3.8, 4) is 0 Å². The molecule has 4 unspecified atom stereocenters. The van der Waals surface area contributed by atoms with Crippen LogP contribution in [0.2, 0.25) is 0 Å². The number of ether oxygens (including phenoxy) is 2. The zero-order valence-electron chi connectivity index (χ0n) is 38.4. The summed E-state index contributed by atoms with van der Waals surface area (Å²) in [6.07, 6.45) is 32.2. The number of esters is 2. The third kappa shape index (κ3) is 30.2. The highest BCUT2D eigenvalue weighted by molar-refractivity contribution is 7.47. The van der Waals surface area contributed by atoms with Gasteiger partial charge in [-0.2, -0.15) is 0 Å². The van der Waals surface area contributed by atoms with Gasteiger partial charge in [-0.1, -0.05) is 137 Å². The van der Waals surface area contributed by atoms with Crippen LogP contribution >= 0.6 is 7.82 Å². The summed E-state index contributed by atoms with van der Waals surface area (Å²) < 4.78 is 33.4. The maximum atomic E-state index is 12.8. The van der Waals surface area contributed by atoms with Crippen molar-refractivity contribution < 1.29 is 68.2 Å². The molecule has 1 aliphatic rings. The summed E-state index contributed by atoms with van der Waals surface area (Å²) >= 11 is 0. The SMILES string of the molecule is CCCCC/C=C\C/C=C\C/C=C\CCCCCCC(=O)OC[C@H](COP(=O)(O)OC1[C@H](O)[C@H](O)C(O)[C@H](O)[C@H]1O)OC(=O)CCC/C=C/C=C\C(O)C/C=C\C/C=C\CCCCC. The van der Waals surface area contributed by atoms with Gasteiger partial charge in [-0.05, 0) is 83.5 Å². The quantitative estimate of drug-likeness (QED) is 0.0102. The fourth-order valence-electron chi connectivity index (χ4n) is 6.42. The van der Waals surface area contributed by atoms with Crippen LogP contribution in [0.1, 0.15) is 149 Å². The second kappa shape index (κ2) is 38.1. The molecule has 0 bridgehead atoms. The Morgan fingerprint density at radius 1 is 0.562 bits per heavy atom. The van der Waals surface area contributed by atoms with Gasteiger partial charge in [-0.25, -0.2) is 4.57 Å². The highest BCUT2D eigenvalue weighted by Gasteiger charge is 2.51. The predicted molar refractivity (Wildman–Crippen MR) is 250 cm³/mol. The number of phosphoric ester groups is 1. The molecule has 0 amide bonds. The van der Waals surface area contributed by atoms with Crippen LogP contribution in [0.5, 0.6) is 0 Å². The molecule has 0 aromatic rings. The normalized spacial score (nSPS) is 22.8. The smallest absolute Gasteiger partial charge is 0.462 e. The molecule has 1 rings (SSSR count). The lowest BCUT2D eigenvalue weighted by Crippen LogP contribution is -2.64. The molecule has 1 fully saturated rings. The van der Waals surface area contributed by atoms with E-state index in [0.29, 0.717) is 25.7 Å². The zero-order valence-corrected chi connectivity index (χ0v) is 39.3. The largest absolute Gasteiger partial charge is 0.472 e. The molecule has 7 N–H and O–H groups in total. The van der Waals surface area contributed by atoms with Crippen LogP contribution in [-0.4, -0.2) is 110 Å². The maximum absolute atomic E-state index is 12.8. The molecule has 9 atom stereocenters. The molecular formula is C49H81O14P. The lowest BCUT2D eigenvalue weighted by Gasteiger charge is -2.41. The molecule has 14 nitrogen and oxygen atoms in total. The zero-order chi connectivity index (χ0) is 47.3. The summed E-state index contributed by atoms with van der Waals surface area (Å²) in [5.41, 5.74) is 0. The van der Waals surface area contributed by atoms with Gasteiger partial charge in [0.25, 0.3) is 0 Å². The number of carbonyl (C=O) groups excluding carboxylic acids is 2. The Morgan fingerprint density at radius 2 is 1.05 bits per heavy atom. The van der Waals surface area contributed by atoms with E-state index in [1.807, 2.05) is 18.2 Å². The lowest BCUT2D eigenvalue weighted by molar-refractivity contribution is -0.220. The molecule has 64 heavy (non-hydrogen) atoms. The fraction of sp³-hybridized carbons (Fsp3) is 0.673. The van der Waals surface area contributed by atoms with E-state index in [-0.39, 0.29) is 12.8 Å². The monoisotopic (exact) mass is 925 g/mol. The van der Waals surface area contributed by atoms with Crippen molar-refractivity contribution in [1.82, 2.24) is 0 Å². The van der Waals surface area contributed by atoms with Gasteiger partial charge in [-0.15, -0.1) is 0 Å². The molecule has 0 radical (unpaired) electrons. The van der Waals surface area contributed by atoms with E-state index in [1.54, 1.807) is 18.2 Å². The summed E-state index contributed by atoms with van der Waals surface area (Å²) in [6.45, 7) is 3.09. The molecular weight excluding hydrogens is 843 g/mol. The second-order valence-corrected chi connectivity index (χ2v) is 17.5. The summed E-state index contributed by atoms with van der Waals surface area (Å²) in [7, 11) is -5.17. The van der Waals surface area contributed by atoms with Crippen molar-refractivity contribution in [2.75, 3.05) is 13.2 Å². The Hall–Kier alpha value is -3.01. The summed E-state index contributed by atoms with van der Waals surface area (Å²) in [5, 5.41) is 60.3. The molecule has 0 spiro atoms. The van der Waals surface area contributed by atoms with Gasteiger partial charge >= 0.3 is 19.8 Å². The number of aliphatic hydroxyl groups is 6. The topological polar surface area (TPSA) is 230 Å². The van der Waals surface area contributed by atoms with Gasteiger partial charge in [0.2, 0.25) is 0 Å². The highest BCUT2D eigenvalue weighted by Crippen LogP contribution is 2.47. The average Bonchev–Trinajstić information content (AvgIpc) is 3.27. The summed E-state index contributed by atoms with van der Waals surface area (Å²) in [5.74, 6) is -1.26. The van der Waals surface area contributed by atoms with Gasteiger partial charge < -0.3 is 45.0 Å². The van der Waals surface area contributed by atoms with Crippen LogP contribution in [0.15, 0.2) is 85.1 Å². The van der Waals surface area contributed by atoms with Crippen LogP contribution in [0, 0.1) is 0 Å². The number of hydrogen-bond acceptors (Lipinski definition) is 13. The Morgan fingerprint density at radius 3 is 1.62 bits per heavy atom. The Kier molecular flexibility index (Phi) is 35.2. The standard InChI is InChI=1S/C49H81O14P/c1-3-5-7-9-11-13-14-15-16-17-18-19-20-22-24-28-32-36-42(51)60-38-41(39-61-64(58,59)63-49-47(56)45(54)44(53)46(55)48(49)57)62-43(52)37-33-29-25-27-31-35-40(50)34-30-26-23-21-12-10-8-6-4-2/h11-13,15-16,18-19,21,25-27,30-31,35,40-41,44-50,53-57H,3-10,14,17,20,22-24,28-29,32-34,36-39H2,1-2H3,(H,58,59)/b13-11-,16-15-,19-18-,21-12-,27-25+,30-26-,35-31-/t40?,41-,44?,45-,46+,47-,48-,49?/m1/s1. The molecule has 0 aromatic carbocycles. The Bertz CT molecular complexity index is 1460. The number of hydrogen-bond donors (Lipinski definition) is 7. The number of aliphatic hydroxyl groups excluding tert-OH is 6. The van der Waals surface area contributed by atoms with Crippen molar-refractivity contribution in [3.63, 3.8) is 0 Å². The van der Waals surface area contributed by atoms with E-state index in [2.05, 4.69) is 62.5 Å². The molecule has 366 valence electrons. The minimum absolute atomic E-state index is 0.0481. The van der Waals surface area contributed by atoms with Gasteiger partial charge in [-0.3, -0.25) is 18.6 Å². The summed E-state index contributed by atoms with van der Waals surface area (Å²) in [6, 6.07) is 0. The van der Waals surface area contributed by atoms with Crippen molar-refractivity contribution in [2.45, 2.75) is 198 Å². The summed E-state index contributed by atoms with van der Waals surface area (Å²) in [4.78, 5) is 35.7. The number of phosphoric acid groups is 1. The lowest BCUT2D eigenvalue weighted by atomic mass is 9.85. The number of rotatable bonds is 37. The van der Waals surface area contributed by atoms with E-state index in [9.17, 15) is 49.7 Å². The van der Waals surface area contributed by atoms with Gasteiger partial charge in [0.15, 0.2) is 6.10 Å². The van der Waals surface area contributed by atoms with Crippen LogP contribution in [0.4, 0.5) is 0 Å². The van der Waals surface area contributed by atoms with E-state index < -0.39 is 81.8 Å². The molecule has 1 saturated carbocycles. The Labute approximate surface area is 382 Å². The van der Waals surface area contributed by atoms with Crippen molar-refractivity contribution in [3.05, 3.63) is 85.1 Å². The average molecular weight is 925 g/mol. The molecule has 0 aliphatic heterocycles. The molecule has 0 saturated heterocycles. The molecule has 0 aromatic heterocycles. The molecule has 0 heterocycles. The van der Waals surface area contributed by atoms with Crippen molar-refractivity contribution in [2.24, 2.45) is 0 Å². The predicted octanol–water partition coefficient (Wildman–Crippen LogP) is 8.25. The third-order valence-corrected chi connectivity index (χ3v) is 11.3. The van der Waals surface area contributed by atoms with Crippen LogP contribution in [0.3, 0.4) is 0 Å². The highest BCUT2D eigenvalue weighted by atomic mass is 31.2. The second-order valence-electron chi connectivity index (χ2n) is 16.1.